The second-order valence-electron chi connectivity index (χ2n) is 4.10. The van der Waals surface area contributed by atoms with Gasteiger partial charge in [0.1, 0.15) is 0 Å². The van der Waals surface area contributed by atoms with E-state index in [1.807, 2.05) is 6.07 Å². The monoisotopic (exact) mass is 315 g/mol. The van der Waals surface area contributed by atoms with Crippen LogP contribution in [0.4, 0.5) is 0 Å². The van der Waals surface area contributed by atoms with Gasteiger partial charge in [-0.15, -0.1) is 0 Å². The lowest BCUT2D eigenvalue weighted by molar-refractivity contribution is 0.598. The second-order valence-corrected chi connectivity index (χ2v) is 6.51. The molecule has 3 nitrogen and oxygen atoms in total. The molecular weight excluding hydrogens is 305 g/mol. The van der Waals surface area contributed by atoms with Gasteiger partial charge < -0.3 is 0 Å². The van der Waals surface area contributed by atoms with Crippen molar-refractivity contribution in [1.82, 2.24) is 0 Å². The minimum absolute atomic E-state index is 0.0958. The molecule has 19 heavy (non-hydrogen) atoms. The summed E-state index contributed by atoms with van der Waals surface area (Å²) < 4.78 is 22.3. The van der Waals surface area contributed by atoms with Crippen LogP contribution in [-0.2, 0) is 16.4 Å². The zero-order valence-corrected chi connectivity index (χ0v) is 12.1. The molecule has 0 heterocycles. The van der Waals surface area contributed by atoms with E-state index in [9.17, 15) is 8.42 Å². The van der Waals surface area contributed by atoms with E-state index in [0.29, 0.717) is 16.5 Å². The maximum atomic E-state index is 11.1. The van der Waals surface area contributed by atoms with Crippen LogP contribution in [0.5, 0.6) is 0 Å². The Bertz CT molecular complexity index is 697. The highest BCUT2D eigenvalue weighted by Gasteiger charge is 2.08. The van der Waals surface area contributed by atoms with Crippen LogP contribution in [0.3, 0.4) is 0 Å². The number of benzene rings is 2. The Balaban J connectivity index is 2.25. The number of hydrogen-bond donors (Lipinski definition) is 1. The number of nitrogens with two attached hydrogens (primary N) is 1. The molecule has 100 valence electrons. The first-order valence-corrected chi connectivity index (χ1v) is 7.72. The Morgan fingerprint density at radius 1 is 1.00 bits per heavy atom. The molecule has 2 aromatic carbocycles. The van der Waals surface area contributed by atoms with Gasteiger partial charge in [-0.1, -0.05) is 41.4 Å². The van der Waals surface area contributed by atoms with Crippen LogP contribution in [0.1, 0.15) is 11.1 Å². The van der Waals surface area contributed by atoms with Crippen molar-refractivity contribution in [2.45, 2.75) is 11.3 Å². The average molecular weight is 316 g/mol. The summed E-state index contributed by atoms with van der Waals surface area (Å²) in [5, 5.41) is 6.20. The Kier molecular flexibility index (Phi) is 4.16. The normalized spacial score (nSPS) is 11.5. The van der Waals surface area contributed by atoms with E-state index in [-0.39, 0.29) is 4.90 Å². The third-order valence-corrected chi connectivity index (χ3v) is 4.18. The van der Waals surface area contributed by atoms with Crippen molar-refractivity contribution >= 4 is 33.2 Å². The number of hydrogen-bond acceptors (Lipinski definition) is 2. The molecule has 0 aromatic heterocycles. The molecule has 0 saturated carbocycles. The summed E-state index contributed by atoms with van der Waals surface area (Å²) in [4.78, 5) is 0.0958. The van der Waals surface area contributed by atoms with Crippen molar-refractivity contribution < 1.29 is 8.42 Å². The topological polar surface area (TPSA) is 60.2 Å². The van der Waals surface area contributed by atoms with Crippen LogP contribution in [0, 0.1) is 0 Å². The fraction of sp³-hybridized carbons (Fsp3) is 0.0769. The molecule has 0 unspecified atom stereocenters. The van der Waals surface area contributed by atoms with Crippen molar-refractivity contribution in [3.05, 3.63) is 63.6 Å². The van der Waals surface area contributed by atoms with Gasteiger partial charge in [0.05, 0.1) is 4.90 Å². The third kappa shape index (κ3) is 3.70. The van der Waals surface area contributed by atoms with E-state index in [0.717, 1.165) is 11.1 Å². The molecule has 0 saturated heterocycles. The zero-order chi connectivity index (χ0) is 14.0. The van der Waals surface area contributed by atoms with Crippen molar-refractivity contribution in [3.63, 3.8) is 0 Å². The summed E-state index contributed by atoms with van der Waals surface area (Å²) in [5.41, 5.74) is 1.87. The van der Waals surface area contributed by atoms with Gasteiger partial charge in [-0.05, 0) is 41.8 Å². The van der Waals surface area contributed by atoms with Crippen LogP contribution in [0.25, 0.3) is 0 Å². The van der Waals surface area contributed by atoms with Crippen LogP contribution < -0.4 is 5.14 Å². The summed E-state index contributed by atoms with van der Waals surface area (Å²) in [6.45, 7) is 0. The largest absolute Gasteiger partial charge is 0.238 e. The number of halogens is 2. The third-order valence-electron chi connectivity index (χ3n) is 2.66. The molecule has 0 fully saturated rings. The van der Waals surface area contributed by atoms with E-state index in [4.69, 9.17) is 28.3 Å². The van der Waals surface area contributed by atoms with E-state index >= 15 is 0 Å². The van der Waals surface area contributed by atoms with Crippen molar-refractivity contribution in [2.24, 2.45) is 5.14 Å². The van der Waals surface area contributed by atoms with E-state index in [2.05, 4.69) is 0 Å². The van der Waals surface area contributed by atoms with E-state index in [1.165, 1.54) is 12.1 Å². The molecule has 0 bridgehead atoms. The molecule has 2 rings (SSSR count). The Morgan fingerprint density at radius 3 is 2.16 bits per heavy atom. The first-order chi connectivity index (χ1) is 8.86. The van der Waals surface area contributed by atoms with Crippen LogP contribution in [0.15, 0.2) is 47.4 Å². The highest BCUT2D eigenvalue weighted by Crippen LogP contribution is 2.23. The molecular formula is C13H11Cl2NO2S. The molecule has 0 atom stereocenters. The minimum Gasteiger partial charge on any atom is -0.225 e. The van der Waals surface area contributed by atoms with Crippen molar-refractivity contribution in [3.8, 4) is 0 Å². The SMILES string of the molecule is NS(=O)(=O)c1ccc(Cc2ccc(Cl)cc2Cl)cc1. The maximum Gasteiger partial charge on any atom is 0.238 e. The molecule has 0 aliphatic heterocycles. The summed E-state index contributed by atoms with van der Waals surface area (Å²) in [6, 6.07) is 11.7. The van der Waals surface area contributed by atoms with Crippen LogP contribution in [-0.4, -0.2) is 8.42 Å². The predicted molar refractivity (Wildman–Crippen MR) is 77.1 cm³/mol. The van der Waals surface area contributed by atoms with Crippen LogP contribution >= 0.6 is 23.2 Å². The second kappa shape index (κ2) is 5.51. The fourth-order valence-corrected chi connectivity index (χ4v) is 2.67. The minimum atomic E-state index is -3.65. The first-order valence-electron chi connectivity index (χ1n) is 5.42. The Morgan fingerprint density at radius 2 is 1.63 bits per heavy atom. The van der Waals surface area contributed by atoms with Gasteiger partial charge in [-0.25, -0.2) is 13.6 Å². The summed E-state index contributed by atoms with van der Waals surface area (Å²) >= 11 is 11.9. The molecule has 0 aliphatic rings. The molecule has 0 amide bonds. The lowest BCUT2D eigenvalue weighted by Crippen LogP contribution is -2.11. The fourth-order valence-electron chi connectivity index (χ4n) is 1.68. The number of rotatable bonds is 3. The predicted octanol–water partition coefficient (Wildman–Crippen LogP) is 3.23. The standard InChI is InChI=1S/C13H11Cl2NO2S/c14-11-4-3-10(13(15)8-11)7-9-1-5-12(6-2-9)19(16,17)18/h1-6,8H,7H2,(H2,16,17,18). The van der Waals surface area contributed by atoms with Gasteiger partial charge in [-0.2, -0.15) is 0 Å². The molecule has 2 aromatic rings. The Labute approximate surface area is 122 Å². The van der Waals surface area contributed by atoms with Gasteiger partial charge >= 0.3 is 0 Å². The zero-order valence-electron chi connectivity index (χ0n) is 9.81. The molecule has 0 radical (unpaired) electrons. The van der Waals surface area contributed by atoms with Crippen molar-refractivity contribution in [1.29, 1.82) is 0 Å². The maximum absolute atomic E-state index is 11.1. The molecule has 2 N–H and O–H groups in total. The van der Waals surface area contributed by atoms with Gasteiger partial charge in [0.2, 0.25) is 10.0 Å². The summed E-state index contributed by atoms with van der Waals surface area (Å²) in [6.07, 6.45) is 0.598. The molecule has 0 spiro atoms. The van der Waals surface area contributed by atoms with Gasteiger partial charge in [0, 0.05) is 10.0 Å². The van der Waals surface area contributed by atoms with Crippen molar-refractivity contribution in [2.75, 3.05) is 0 Å². The van der Waals surface area contributed by atoms with Crippen LogP contribution in [0.2, 0.25) is 10.0 Å². The first kappa shape index (κ1) is 14.3. The lowest BCUT2D eigenvalue weighted by atomic mass is 10.1. The highest BCUT2D eigenvalue weighted by molar-refractivity contribution is 7.89. The smallest absolute Gasteiger partial charge is 0.225 e. The average Bonchev–Trinajstić information content (AvgIpc) is 2.32. The highest BCUT2D eigenvalue weighted by atomic mass is 35.5. The van der Waals surface area contributed by atoms with Gasteiger partial charge in [0.15, 0.2) is 0 Å². The van der Waals surface area contributed by atoms with Gasteiger partial charge in [-0.3, -0.25) is 0 Å². The van der Waals surface area contributed by atoms with E-state index in [1.54, 1.807) is 24.3 Å². The lowest BCUT2D eigenvalue weighted by Gasteiger charge is -2.06. The molecule has 6 heteroatoms. The quantitative estimate of drug-likeness (QED) is 0.945. The summed E-state index contributed by atoms with van der Waals surface area (Å²) in [5.74, 6) is 0. The number of sulfonamides is 1. The Hall–Kier alpha value is -1.07. The summed E-state index contributed by atoms with van der Waals surface area (Å²) in [7, 11) is -3.65. The van der Waals surface area contributed by atoms with Gasteiger partial charge in [0.25, 0.3) is 0 Å². The molecule has 0 aliphatic carbocycles. The number of primary sulfonamides is 1. The van der Waals surface area contributed by atoms with E-state index < -0.39 is 10.0 Å².